The molecule has 0 aromatic carbocycles. The molecule has 0 radical (unpaired) electrons. The Morgan fingerprint density at radius 2 is 2.17 bits per heavy atom. The van der Waals surface area contributed by atoms with E-state index in [4.69, 9.17) is 9.84 Å². The molecule has 0 fully saturated rings. The van der Waals surface area contributed by atoms with E-state index in [9.17, 15) is 0 Å². The van der Waals surface area contributed by atoms with Gasteiger partial charge in [-0.3, -0.25) is 0 Å². The van der Waals surface area contributed by atoms with Gasteiger partial charge in [-0.2, -0.15) is 0 Å². The third kappa shape index (κ3) is 3.88. The zero-order valence-corrected chi connectivity index (χ0v) is 8.55. The lowest BCUT2D eigenvalue weighted by Crippen LogP contribution is -2.25. The molecule has 12 heavy (non-hydrogen) atoms. The fraction of sp³-hybridized carbons (Fsp3) is 0.800. The van der Waals surface area contributed by atoms with Gasteiger partial charge >= 0.3 is 0 Å². The number of aliphatic hydroxyl groups excluding tert-OH is 1. The number of hydrogen-bond acceptors (Lipinski definition) is 2. The molecular formula is C10H20O2. The Kier molecular flexibility index (Phi) is 5.18. The van der Waals surface area contributed by atoms with Crippen molar-refractivity contribution in [2.45, 2.75) is 39.2 Å². The summed E-state index contributed by atoms with van der Waals surface area (Å²) in [6, 6.07) is 0. The molecule has 1 unspecified atom stereocenters. The number of aliphatic hydroxyl groups is 1. The molecule has 0 saturated carbocycles. The van der Waals surface area contributed by atoms with E-state index in [1.165, 1.54) is 0 Å². The zero-order valence-electron chi connectivity index (χ0n) is 8.55. The van der Waals surface area contributed by atoms with E-state index in [0.29, 0.717) is 0 Å². The Labute approximate surface area is 75.2 Å². The van der Waals surface area contributed by atoms with Crippen LogP contribution in [-0.4, -0.2) is 24.4 Å². The minimum atomic E-state index is -0.0730. The Morgan fingerprint density at radius 3 is 2.50 bits per heavy atom. The van der Waals surface area contributed by atoms with Gasteiger partial charge in [-0.15, -0.1) is 0 Å². The molecule has 2 heteroatoms. The number of hydrogen-bond donors (Lipinski definition) is 1. The van der Waals surface area contributed by atoms with Crippen molar-refractivity contribution in [2.24, 2.45) is 0 Å². The zero-order chi connectivity index (χ0) is 9.61. The van der Waals surface area contributed by atoms with Crippen LogP contribution in [0.1, 0.15) is 33.6 Å². The Balaban J connectivity index is 4.04. The third-order valence-electron chi connectivity index (χ3n) is 2.37. The van der Waals surface area contributed by atoms with Crippen molar-refractivity contribution in [3.05, 3.63) is 11.6 Å². The van der Waals surface area contributed by atoms with Crippen molar-refractivity contribution < 1.29 is 9.84 Å². The summed E-state index contributed by atoms with van der Waals surface area (Å²) in [6.07, 6.45) is 3.89. The van der Waals surface area contributed by atoms with Crippen molar-refractivity contribution in [3.63, 3.8) is 0 Å². The fourth-order valence-corrected chi connectivity index (χ4v) is 0.827. The Bertz CT molecular complexity index is 146. The molecule has 0 aliphatic carbocycles. The first-order valence-corrected chi connectivity index (χ1v) is 4.39. The molecule has 0 rings (SSSR count). The number of ether oxygens (including phenoxy) is 1. The van der Waals surface area contributed by atoms with Crippen molar-refractivity contribution in [1.82, 2.24) is 0 Å². The van der Waals surface area contributed by atoms with Crippen molar-refractivity contribution in [3.8, 4) is 0 Å². The van der Waals surface area contributed by atoms with E-state index in [2.05, 4.69) is 13.8 Å². The summed E-state index contributed by atoms with van der Waals surface area (Å²) in [7, 11) is 1.73. The van der Waals surface area contributed by atoms with Gasteiger partial charge in [0, 0.05) is 7.11 Å². The summed E-state index contributed by atoms with van der Waals surface area (Å²) >= 11 is 0. The molecular weight excluding hydrogens is 152 g/mol. The second-order valence-electron chi connectivity index (χ2n) is 3.42. The predicted molar refractivity (Wildman–Crippen MR) is 51.2 cm³/mol. The van der Waals surface area contributed by atoms with Gasteiger partial charge in [0.1, 0.15) is 0 Å². The summed E-state index contributed by atoms with van der Waals surface area (Å²) in [5.41, 5.74) is 0.933. The molecule has 72 valence electrons. The van der Waals surface area contributed by atoms with Crippen LogP contribution in [0.3, 0.4) is 0 Å². The summed E-state index contributed by atoms with van der Waals surface area (Å²) in [5, 5.41) is 8.77. The average Bonchev–Trinajstić information content (AvgIpc) is 2.13. The van der Waals surface area contributed by atoms with Gasteiger partial charge in [0.25, 0.3) is 0 Å². The Hall–Kier alpha value is -0.340. The molecule has 0 amide bonds. The predicted octanol–water partition coefficient (Wildman–Crippen LogP) is 2.13. The lowest BCUT2D eigenvalue weighted by Gasteiger charge is -2.25. The SMILES string of the molecule is CCC(C)(C/C=C(\C)CO)OC. The first-order chi connectivity index (χ1) is 5.58. The van der Waals surface area contributed by atoms with E-state index in [-0.39, 0.29) is 12.2 Å². The lowest BCUT2D eigenvalue weighted by molar-refractivity contribution is 0.00531. The highest BCUT2D eigenvalue weighted by Crippen LogP contribution is 2.19. The maximum Gasteiger partial charge on any atom is 0.0682 e. The van der Waals surface area contributed by atoms with Gasteiger partial charge in [0.15, 0.2) is 0 Å². The molecule has 0 aromatic heterocycles. The van der Waals surface area contributed by atoms with Gasteiger partial charge in [-0.25, -0.2) is 0 Å². The maximum atomic E-state index is 8.77. The van der Waals surface area contributed by atoms with E-state index < -0.39 is 0 Å². The molecule has 0 aromatic rings. The minimum absolute atomic E-state index is 0.0730. The van der Waals surface area contributed by atoms with Gasteiger partial charge < -0.3 is 9.84 Å². The van der Waals surface area contributed by atoms with E-state index >= 15 is 0 Å². The van der Waals surface area contributed by atoms with Crippen LogP contribution in [0, 0.1) is 0 Å². The highest BCUT2D eigenvalue weighted by Gasteiger charge is 2.18. The van der Waals surface area contributed by atoms with Crippen molar-refractivity contribution in [2.75, 3.05) is 13.7 Å². The normalized spacial score (nSPS) is 17.6. The molecule has 0 saturated heterocycles. The molecule has 2 nitrogen and oxygen atoms in total. The molecule has 1 atom stereocenters. The van der Waals surface area contributed by atoms with Crippen LogP contribution < -0.4 is 0 Å². The fourth-order valence-electron chi connectivity index (χ4n) is 0.827. The first-order valence-electron chi connectivity index (χ1n) is 4.39. The van der Waals surface area contributed by atoms with Crippen LogP contribution in [0.2, 0.25) is 0 Å². The standard InChI is InChI=1S/C10H20O2/c1-5-10(3,12-4)7-6-9(2)8-11/h6,11H,5,7-8H2,1-4H3/b9-6+. The highest BCUT2D eigenvalue weighted by molar-refractivity contribution is 5.00. The number of rotatable bonds is 5. The highest BCUT2D eigenvalue weighted by atomic mass is 16.5. The third-order valence-corrected chi connectivity index (χ3v) is 2.37. The summed E-state index contributed by atoms with van der Waals surface area (Å²) < 4.78 is 5.36. The van der Waals surface area contributed by atoms with Crippen LogP contribution in [0.4, 0.5) is 0 Å². The molecule has 0 bridgehead atoms. The summed E-state index contributed by atoms with van der Waals surface area (Å²) in [6.45, 7) is 6.25. The van der Waals surface area contributed by atoms with E-state index in [1.807, 2.05) is 13.0 Å². The second-order valence-corrected chi connectivity index (χ2v) is 3.42. The van der Waals surface area contributed by atoms with Crippen LogP contribution in [0.5, 0.6) is 0 Å². The first kappa shape index (κ1) is 11.7. The molecule has 0 heterocycles. The van der Waals surface area contributed by atoms with Gasteiger partial charge in [-0.1, -0.05) is 18.6 Å². The van der Waals surface area contributed by atoms with Gasteiger partial charge in [0.05, 0.1) is 12.2 Å². The van der Waals surface area contributed by atoms with Gasteiger partial charge in [0.2, 0.25) is 0 Å². The Morgan fingerprint density at radius 1 is 1.58 bits per heavy atom. The molecule has 0 aliphatic heterocycles. The average molecular weight is 172 g/mol. The number of methoxy groups -OCH3 is 1. The molecule has 0 spiro atoms. The topological polar surface area (TPSA) is 29.5 Å². The smallest absolute Gasteiger partial charge is 0.0682 e. The van der Waals surface area contributed by atoms with Crippen LogP contribution >= 0.6 is 0 Å². The minimum Gasteiger partial charge on any atom is -0.392 e. The molecule has 0 aliphatic rings. The summed E-state index contributed by atoms with van der Waals surface area (Å²) in [4.78, 5) is 0. The summed E-state index contributed by atoms with van der Waals surface area (Å²) in [5.74, 6) is 0. The lowest BCUT2D eigenvalue weighted by atomic mass is 9.97. The molecule has 1 N–H and O–H groups in total. The van der Waals surface area contributed by atoms with Crippen molar-refractivity contribution in [1.29, 1.82) is 0 Å². The van der Waals surface area contributed by atoms with E-state index in [1.54, 1.807) is 7.11 Å². The second kappa shape index (κ2) is 5.33. The van der Waals surface area contributed by atoms with Crippen LogP contribution in [-0.2, 0) is 4.74 Å². The van der Waals surface area contributed by atoms with Crippen LogP contribution in [0.15, 0.2) is 11.6 Å². The quantitative estimate of drug-likeness (QED) is 0.644. The largest absolute Gasteiger partial charge is 0.392 e. The van der Waals surface area contributed by atoms with Gasteiger partial charge in [-0.05, 0) is 26.7 Å². The maximum absolute atomic E-state index is 8.77. The monoisotopic (exact) mass is 172 g/mol. The van der Waals surface area contributed by atoms with E-state index in [0.717, 1.165) is 18.4 Å². The van der Waals surface area contributed by atoms with Crippen molar-refractivity contribution >= 4 is 0 Å². The van der Waals surface area contributed by atoms with Crippen LogP contribution in [0.25, 0.3) is 0 Å².